The predicted molar refractivity (Wildman–Crippen MR) is 80.5 cm³/mol. The Kier molecular flexibility index (Phi) is 4.55. The monoisotopic (exact) mass is 423 g/mol. The maximum absolute atomic E-state index is 13.4. The van der Waals surface area contributed by atoms with Gasteiger partial charge in [-0.2, -0.15) is 0 Å². The Morgan fingerprint density at radius 1 is 1.11 bits per heavy atom. The highest BCUT2D eigenvalue weighted by molar-refractivity contribution is 14.1. The minimum Gasteiger partial charge on any atom is -0.381 e. The Morgan fingerprint density at radius 3 is 2.39 bits per heavy atom. The van der Waals surface area contributed by atoms with Crippen molar-refractivity contribution in [2.24, 2.45) is 0 Å². The molecule has 18 heavy (non-hydrogen) atoms. The van der Waals surface area contributed by atoms with E-state index in [1.165, 1.54) is 18.2 Å². The van der Waals surface area contributed by atoms with Gasteiger partial charge in [0, 0.05) is 25.8 Å². The summed E-state index contributed by atoms with van der Waals surface area (Å²) in [5.74, 6) is -1.07. The van der Waals surface area contributed by atoms with E-state index in [4.69, 9.17) is 0 Å². The van der Waals surface area contributed by atoms with Crippen molar-refractivity contribution >= 4 is 44.2 Å². The number of hydrogen-bond donors (Lipinski definition) is 1. The fraction of sp³-hybridized carbons (Fsp3) is 0.0769. The second-order valence-corrected chi connectivity index (χ2v) is 5.70. The summed E-state index contributed by atoms with van der Waals surface area (Å²) in [5.41, 5.74) is 0.876. The van der Waals surface area contributed by atoms with Crippen LogP contribution in [0, 0.1) is 15.2 Å². The fourth-order valence-corrected chi connectivity index (χ4v) is 2.26. The Bertz CT molecular complexity index is 555. The molecule has 0 aliphatic heterocycles. The summed E-state index contributed by atoms with van der Waals surface area (Å²) >= 11 is 5.58. The largest absolute Gasteiger partial charge is 0.381 e. The third-order valence-electron chi connectivity index (χ3n) is 2.45. The lowest BCUT2D eigenvalue weighted by molar-refractivity contribution is 0.560. The van der Waals surface area contributed by atoms with Gasteiger partial charge in [-0.15, -0.1) is 0 Å². The Balaban J connectivity index is 2.14. The van der Waals surface area contributed by atoms with E-state index in [2.05, 4.69) is 43.8 Å². The first kappa shape index (κ1) is 13.7. The molecule has 0 saturated carbocycles. The van der Waals surface area contributed by atoms with Gasteiger partial charge in [0.15, 0.2) is 0 Å². The summed E-state index contributed by atoms with van der Waals surface area (Å²) in [4.78, 5) is 0. The second-order valence-electron chi connectivity index (χ2n) is 3.68. The Morgan fingerprint density at radius 2 is 1.78 bits per heavy atom. The van der Waals surface area contributed by atoms with Gasteiger partial charge in [-0.25, -0.2) is 8.78 Å². The van der Waals surface area contributed by atoms with E-state index >= 15 is 0 Å². The highest BCUT2D eigenvalue weighted by atomic mass is 127. The van der Waals surface area contributed by atoms with Crippen LogP contribution in [0.3, 0.4) is 0 Å². The van der Waals surface area contributed by atoms with Gasteiger partial charge in [0.25, 0.3) is 0 Å². The molecule has 2 rings (SSSR count). The number of rotatable bonds is 3. The number of nitrogens with one attached hydrogen (secondary N) is 1. The van der Waals surface area contributed by atoms with Crippen molar-refractivity contribution in [3.8, 4) is 0 Å². The fourth-order valence-electron chi connectivity index (χ4n) is 1.50. The van der Waals surface area contributed by atoms with Crippen molar-refractivity contribution in [1.29, 1.82) is 0 Å². The lowest BCUT2D eigenvalue weighted by Crippen LogP contribution is -2.04. The molecule has 0 radical (unpaired) electrons. The SMILES string of the molecule is Fc1cccc(F)c1CNc1ccc(Br)c(I)c1. The number of benzene rings is 2. The van der Waals surface area contributed by atoms with Crippen LogP contribution in [0.2, 0.25) is 0 Å². The van der Waals surface area contributed by atoms with Crippen LogP contribution in [-0.2, 0) is 6.54 Å². The number of halogens is 4. The maximum atomic E-state index is 13.4. The third kappa shape index (κ3) is 3.20. The summed E-state index contributed by atoms with van der Waals surface area (Å²) in [7, 11) is 0. The molecule has 0 aromatic heterocycles. The van der Waals surface area contributed by atoms with E-state index in [0.717, 1.165) is 13.7 Å². The van der Waals surface area contributed by atoms with Crippen molar-refractivity contribution in [2.45, 2.75) is 6.54 Å². The van der Waals surface area contributed by atoms with Gasteiger partial charge in [-0.1, -0.05) is 6.07 Å². The number of anilines is 1. The van der Waals surface area contributed by atoms with Crippen LogP contribution in [0.5, 0.6) is 0 Å². The molecule has 2 aromatic carbocycles. The normalized spacial score (nSPS) is 10.4. The molecule has 94 valence electrons. The minimum atomic E-state index is -0.533. The van der Waals surface area contributed by atoms with Crippen molar-refractivity contribution in [3.05, 3.63) is 61.6 Å². The van der Waals surface area contributed by atoms with E-state index in [-0.39, 0.29) is 12.1 Å². The van der Waals surface area contributed by atoms with Crippen LogP contribution in [0.25, 0.3) is 0 Å². The van der Waals surface area contributed by atoms with Gasteiger partial charge >= 0.3 is 0 Å². The highest BCUT2D eigenvalue weighted by Crippen LogP contribution is 2.23. The first-order chi connectivity index (χ1) is 8.58. The molecular formula is C13H9BrF2IN. The molecule has 2 aromatic rings. The van der Waals surface area contributed by atoms with Crippen LogP contribution in [-0.4, -0.2) is 0 Å². The quantitative estimate of drug-likeness (QED) is 0.689. The molecule has 0 atom stereocenters. The zero-order valence-corrected chi connectivity index (χ0v) is 12.9. The average Bonchev–Trinajstić information content (AvgIpc) is 2.33. The summed E-state index contributed by atoms with van der Waals surface area (Å²) in [6, 6.07) is 9.52. The minimum absolute atomic E-state index is 0.0513. The van der Waals surface area contributed by atoms with Crippen LogP contribution >= 0.6 is 38.5 Å². The molecule has 0 heterocycles. The molecule has 0 saturated heterocycles. The van der Waals surface area contributed by atoms with Gasteiger partial charge in [0.1, 0.15) is 11.6 Å². The molecule has 0 amide bonds. The molecule has 0 spiro atoms. The Hall–Kier alpha value is -0.690. The van der Waals surface area contributed by atoms with E-state index < -0.39 is 11.6 Å². The van der Waals surface area contributed by atoms with Crippen molar-refractivity contribution in [2.75, 3.05) is 5.32 Å². The van der Waals surface area contributed by atoms with E-state index in [1.807, 2.05) is 18.2 Å². The summed E-state index contributed by atoms with van der Waals surface area (Å²) in [5, 5.41) is 3.01. The second kappa shape index (κ2) is 5.97. The van der Waals surface area contributed by atoms with Gasteiger partial charge in [0.2, 0.25) is 0 Å². The number of hydrogen-bond acceptors (Lipinski definition) is 1. The molecule has 1 N–H and O–H groups in total. The van der Waals surface area contributed by atoms with Crippen molar-refractivity contribution < 1.29 is 8.78 Å². The molecule has 0 bridgehead atoms. The maximum Gasteiger partial charge on any atom is 0.131 e. The van der Waals surface area contributed by atoms with E-state index in [1.54, 1.807) is 0 Å². The molecule has 0 unspecified atom stereocenters. The van der Waals surface area contributed by atoms with Crippen LogP contribution in [0.1, 0.15) is 5.56 Å². The average molecular weight is 424 g/mol. The van der Waals surface area contributed by atoms with Crippen molar-refractivity contribution in [1.82, 2.24) is 0 Å². The molecule has 5 heteroatoms. The van der Waals surface area contributed by atoms with E-state index in [9.17, 15) is 8.78 Å². The molecule has 1 nitrogen and oxygen atoms in total. The predicted octanol–water partition coefficient (Wildman–Crippen LogP) is 4.94. The van der Waals surface area contributed by atoms with Crippen LogP contribution in [0.4, 0.5) is 14.5 Å². The molecule has 0 aliphatic carbocycles. The van der Waals surface area contributed by atoms with Gasteiger partial charge in [-0.05, 0) is 68.9 Å². The summed E-state index contributed by atoms with van der Waals surface area (Å²) in [6.45, 7) is 0.121. The van der Waals surface area contributed by atoms with Gasteiger partial charge < -0.3 is 5.32 Å². The van der Waals surface area contributed by atoms with Gasteiger partial charge in [0.05, 0.1) is 0 Å². The highest BCUT2D eigenvalue weighted by Gasteiger charge is 2.08. The molecule has 0 fully saturated rings. The standard InChI is InChI=1S/C13H9BrF2IN/c14-10-5-4-8(6-13(10)17)18-7-9-11(15)2-1-3-12(9)16/h1-6,18H,7H2. The van der Waals surface area contributed by atoms with E-state index in [0.29, 0.717) is 0 Å². The molecular weight excluding hydrogens is 415 g/mol. The topological polar surface area (TPSA) is 12.0 Å². The zero-order chi connectivity index (χ0) is 13.1. The molecule has 0 aliphatic rings. The van der Waals surface area contributed by atoms with Crippen molar-refractivity contribution in [3.63, 3.8) is 0 Å². The third-order valence-corrected chi connectivity index (χ3v) is 4.78. The Labute approximate surface area is 126 Å². The van der Waals surface area contributed by atoms with Crippen LogP contribution < -0.4 is 5.32 Å². The summed E-state index contributed by atoms with van der Waals surface area (Å²) < 4.78 is 28.8. The smallest absolute Gasteiger partial charge is 0.131 e. The first-order valence-corrected chi connectivity index (χ1v) is 7.07. The lowest BCUT2D eigenvalue weighted by atomic mass is 10.2. The first-order valence-electron chi connectivity index (χ1n) is 5.20. The zero-order valence-electron chi connectivity index (χ0n) is 9.18. The van der Waals surface area contributed by atoms with Gasteiger partial charge in [-0.3, -0.25) is 0 Å². The van der Waals surface area contributed by atoms with Crippen LogP contribution in [0.15, 0.2) is 40.9 Å². The summed E-state index contributed by atoms with van der Waals surface area (Å²) in [6.07, 6.45) is 0. The lowest BCUT2D eigenvalue weighted by Gasteiger charge is -2.09.